The molecule has 0 N–H and O–H groups in total. The van der Waals surface area contributed by atoms with Crippen LogP contribution in [0.4, 0.5) is 17.1 Å². The summed E-state index contributed by atoms with van der Waals surface area (Å²) in [5.74, 6) is 0.689. The third-order valence-electron chi connectivity index (χ3n) is 11.5. The molecule has 56 heavy (non-hydrogen) atoms. The van der Waals surface area contributed by atoms with E-state index in [-0.39, 0.29) is 0 Å². The van der Waals surface area contributed by atoms with Crippen LogP contribution in [0.15, 0.2) is 194 Å². The molecule has 12 rings (SSSR count). The molecule has 0 saturated carbocycles. The van der Waals surface area contributed by atoms with E-state index in [1.165, 1.54) is 49.0 Å². The first-order valence-corrected chi connectivity index (χ1v) is 19.1. The molecule has 9 aromatic carbocycles. The highest BCUT2D eigenvalue weighted by molar-refractivity contribution is 6.16. The first-order valence-electron chi connectivity index (χ1n) is 19.1. The van der Waals surface area contributed by atoms with Gasteiger partial charge in [-0.25, -0.2) is 9.97 Å². The third-order valence-corrected chi connectivity index (χ3v) is 11.5. The Bertz CT molecular complexity index is 3370. The minimum atomic E-state index is 0.689. The van der Waals surface area contributed by atoms with Gasteiger partial charge in [0, 0.05) is 43.9 Å². The van der Waals surface area contributed by atoms with Crippen molar-refractivity contribution in [2.75, 3.05) is 4.90 Å². The summed E-state index contributed by atoms with van der Waals surface area (Å²) in [5.41, 5.74) is 13.1. The standard InChI is InChI=1S/C52H32N4/c1-2-18-37(19-3-1)55-45-25-10-7-20-38(45)42-31-36(28-29-47(42)55)51-40-21-6-9-24-44(40)53-52(54-51)41-22-8-11-26-46(41)56-48-27-13-17-33-16-12-23-39(50(33)48)43-30-34-14-4-5-15-35(34)32-49(43)56/h1-32H. The van der Waals surface area contributed by atoms with Crippen molar-refractivity contribution in [1.29, 1.82) is 0 Å². The number of benzene rings is 9. The minimum Gasteiger partial charge on any atom is -0.309 e. The van der Waals surface area contributed by atoms with Gasteiger partial charge >= 0.3 is 0 Å². The number of fused-ring (bicyclic) bond motifs is 7. The van der Waals surface area contributed by atoms with Gasteiger partial charge in [0.15, 0.2) is 5.82 Å². The first-order chi connectivity index (χ1) is 27.8. The molecule has 0 bridgehead atoms. The van der Waals surface area contributed by atoms with Gasteiger partial charge < -0.3 is 9.47 Å². The molecule has 4 nitrogen and oxygen atoms in total. The average molecular weight is 713 g/mol. The van der Waals surface area contributed by atoms with Crippen LogP contribution in [0.25, 0.3) is 93.7 Å². The summed E-state index contributed by atoms with van der Waals surface area (Å²) in [6.45, 7) is 0. The SMILES string of the molecule is c1ccc(-n2c3ccccc3c3cc(-c4nc(-c5ccccc5N5c6cc7ccccc7cc6-c6cccc7cccc5c67)nc5ccccc45)ccc32)cc1. The second-order valence-corrected chi connectivity index (χ2v) is 14.6. The molecule has 260 valence electrons. The monoisotopic (exact) mass is 712 g/mol. The molecule has 0 saturated heterocycles. The fraction of sp³-hybridized carbons (Fsp3) is 0. The minimum absolute atomic E-state index is 0.689. The van der Waals surface area contributed by atoms with Gasteiger partial charge in [0.2, 0.25) is 0 Å². The summed E-state index contributed by atoms with van der Waals surface area (Å²) in [7, 11) is 0. The molecular weight excluding hydrogens is 681 g/mol. The predicted molar refractivity (Wildman–Crippen MR) is 233 cm³/mol. The maximum Gasteiger partial charge on any atom is 0.162 e. The zero-order valence-corrected chi connectivity index (χ0v) is 30.3. The maximum absolute atomic E-state index is 5.50. The number of nitrogens with zero attached hydrogens (tertiary/aromatic N) is 4. The molecule has 0 spiro atoms. The molecule has 0 fully saturated rings. The Morgan fingerprint density at radius 3 is 1.93 bits per heavy atom. The van der Waals surface area contributed by atoms with E-state index >= 15 is 0 Å². The Morgan fingerprint density at radius 2 is 1.04 bits per heavy atom. The molecule has 1 aliphatic heterocycles. The summed E-state index contributed by atoms with van der Waals surface area (Å²) in [5, 5.41) is 8.31. The van der Waals surface area contributed by atoms with Crippen molar-refractivity contribution in [3.8, 4) is 39.5 Å². The lowest BCUT2D eigenvalue weighted by Crippen LogP contribution is -2.16. The number of anilines is 3. The van der Waals surface area contributed by atoms with Crippen molar-refractivity contribution in [3.63, 3.8) is 0 Å². The van der Waals surface area contributed by atoms with E-state index in [4.69, 9.17) is 9.97 Å². The van der Waals surface area contributed by atoms with Gasteiger partial charge in [-0.2, -0.15) is 0 Å². The number of rotatable bonds is 4. The van der Waals surface area contributed by atoms with Gasteiger partial charge in [-0.1, -0.05) is 127 Å². The highest BCUT2D eigenvalue weighted by atomic mass is 15.2. The van der Waals surface area contributed by atoms with Crippen LogP contribution in [0.2, 0.25) is 0 Å². The van der Waals surface area contributed by atoms with Gasteiger partial charge in [0.25, 0.3) is 0 Å². The smallest absolute Gasteiger partial charge is 0.162 e. The van der Waals surface area contributed by atoms with Crippen molar-refractivity contribution in [2.24, 2.45) is 0 Å². The Morgan fingerprint density at radius 1 is 0.375 bits per heavy atom. The molecular formula is C52H32N4. The summed E-state index contributed by atoms with van der Waals surface area (Å²) >= 11 is 0. The highest BCUT2D eigenvalue weighted by Crippen LogP contribution is 2.53. The normalized spacial score (nSPS) is 12.2. The largest absolute Gasteiger partial charge is 0.309 e. The molecule has 0 unspecified atom stereocenters. The number of hydrogen-bond acceptors (Lipinski definition) is 3. The van der Waals surface area contributed by atoms with Crippen molar-refractivity contribution >= 4 is 71.3 Å². The summed E-state index contributed by atoms with van der Waals surface area (Å²) in [4.78, 5) is 13.2. The zero-order chi connectivity index (χ0) is 36.7. The molecule has 2 aromatic heterocycles. The second kappa shape index (κ2) is 12.0. The van der Waals surface area contributed by atoms with Gasteiger partial charge in [-0.15, -0.1) is 0 Å². The van der Waals surface area contributed by atoms with Crippen LogP contribution in [-0.2, 0) is 0 Å². The van der Waals surface area contributed by atoms with Crippen LogP contribution in [-0.4, -0.2) is 14.5 Å². The van der Waals surface area contributed by atoms with Crippen LogP contribution in [0.5, 0.6) is 0 Å². The van der Waals surface area contributed by atoms with Crippen LogP contribution < -0.4 is 4.90 Å². The van der Waals surface area contributed by atoms with Crippen molar-refractivity contribution in [1.82, 2.24) is 14.5 Å². The van der Waals surface area contributed by atoms with E-state index in [9.17, 15) is 0 Å². The van der Waals surface area contributed by atoms with Crippen LogP contribution in [0.1, 0.15) is 0 Å². The quantitative estimate of drug-likeness (QED) is 0.182. The van der Waals surface area contributed by atoms with Gasteiger partial charge in [0.1, 0.15) is 0 Å². The van der Waals surface area contributed by atoms with E-state index < -0.39 is 0 Å². The van der Waals surface area contributed by atoms with E-state index in [1.807, 2.05) is 0 Å². The van der Waals surface area contributed by atoms with E-state index in [0.717, 1.165) is 56.0 Å². The second-order valence-electron chi connectivity index (χ2n) is 14.6. The Hall–Kier alpha value is -7.56. The summed E-state index contributed by atoms with van der Waals surface area (Å²) in [6.07, 6.45) is 0. The molecule has 0 atom stereocenters. The molecule has 1 aliphatic rings. The predicted octanol–water partition coefficient (Wildman–Crippen LogP) is 13.8. The summed E-state index contributed by atoms with van der Waals surface area (Å²) in [6, 6.07) is 69.6. The maximum atomic E-state index is 5.50. The fourth-order valence-electron chi connectivity index (χ4n) is 9.00. The molecule has 4 heteroatoms. The third kappa shape index (κ3) is 4.53. The highest BCUT2D eigenvalue weighted by Gasteiger charge is 2.29. The van der Waals surface area contributed by atoms with E-state index in [2.05, 4.69) is 204 Å². The summed E-state index contributed by atoms with van der Waals surface area (Å²) < 4.78 is 2.35. The van der Waals surface area contributed by atoms with E-state index in [1.54, 1.807) is 0 Å². The van der Waals surface area contributed by atoms with Crippen LogP contribution in [0.3, 0.4) is 0 Å². The van der Waals surface area contributed by atoms with Crippen molar-refractivity contribution in [2.45, 2.75) is 0 Å². The van der Waals surface area contributed by atoms with Crippen LogP contribution >= 0.6 is 0 Å². The van der Waals surface area contributed by atoms with Gasteiger partial charge in [0.05, 0.1) is 39.3 Å². The first kappa shape index (κ1) is 30.9. The lowest BCUT2D eigenvalue weighted by atomic mass is 9.89. The lowest BCUT2D eigenvalue weighted by Gasteiger charge is -2.35. The molecule has 0 aliphatic carbocycles. The van der Waals surface area contributed by atoms with Crippen molar-refractivity contribution in [3.05, 3.63) is 194 Å². The Balaban J connectivity index is 1.10. The molecule has 11 aromatic rings. The van der Waals surface area contributed by atoms with E-state index in [0.29, 0.717) is 5.82 Å². The van der Waals surface area contributed by atoms with Crippen LogP contribution in [0, 0.1) is 0 Å². The van der Waals surface area contributed by atoms with Gasteiger partial charge in [-0.3, -0.25) is 0 Å². The average Bonchev–Trinajstić information content (AvgIpc) is 3.60. The Labute approximate surface area is 323 Å². The molecule has 3 heterocycles. The molecule has 0 amide bonds. The van der Waals surface area contributed by atoms with Crippen molar-refractivity contribution < 1.29 is 0 Å². The zero-order valence-electron chi connectivity index (χ0n) is 30.3. The van der Waals surface area contributed by atoms with Gasteiger partial charge in [-0.05, 0) is 88.5 Å². The topological polar surface area (TPSA) is 34.0 Å². The Kier molecular flexibility index (Phi) is 6.60. The number of aromatic nitrogens is 3. The fourth-order valence-corrected chi connectivity index (χ4v) is 9.00. The molecule has 0 radical (unpaired) electrons. The number of para-hydroxylation sites is 4. The number of hydrogen-bond donors (Lipinski definition) is 0. The lowest BCUT2D eigenvalue weighted by molar-refractivity contribution is 1.18.